The van der Waals surface area contributed by atoms with Gasteiger partial charge >= 0.3 is 0 Å². The molecule has 0 aromatic heterocycles. The summed E-state index contributed by atoms with van der Waals surface area (Å²) in [6.07, 6.45) is 2.73. The van der Waals surface area contributed by atoms with Crippen molar-refractivity contribution in [3.05, 3.63) is 84.4 Å². The zero-order valence-corrected chi connectivity index (χ0v) is 11.6. The van der Waals surface area contributed by atoms with Gasteiger partial charge < -0.3 is 10.4 Å². The second-order valence-corrected chi connectivity index (χ2v) is 4.80. The minimum Gasteiger partial charge on any atom is -0.394 e. The van der Waals surface area contributed by atoms with Gasteiger partial charge in [0.2, 0.25) is 0 Å². The van der Waals surface area contributed by atoms with Gasteiger partial charge in [0.1, 0.15) is 0 Å². The van der Waals surface area contributed by atoms with Gasteiger partial charge in [-0.3, -0.25) is 0 Å². The number of nitrogens with one attached hydrogen (secondary N) is 1. The summed E-state index contributed by atoms with van der Waals surface area (Å²) in [5.41, 5.74) is 2.31. The molecular weight excluding hydrogens is 246 g/mol. The molecule has 0 spiro atoms. The summed E-state index contributed by atoms with van der Waals surface area (Å²) in [4.78, 5) is 0. The van der Waals surface area contributed by atoms with E-state index < -0.39 is 0 Å². The largest absolute Gasteiger partial charge is 0.394 e. The highest BCUT2D eigenvalue weighted by Gasteiger charge is 2.16. The molecule has 2 heteroatoms. The third-order valence-corrected chi connectivity index (χ3v) is 3.39. The second-order valence-electron chi connectivity index (χ2n) is 4.80. The van der Waals surface area contributed by atoms with E-state index in [4.69, 9.17) is 0 Å². The quantitative estimate of drug-likeness (QED) is 0.751. The van der Waals surface area contributed by atoms with Crippen molar-refractivity contribution in [1.82, 2.24) is 5.32 Å². The molecule has 20 heavy (non-hydrogen) atoms. The standard InChI is InChI=1S/C18H21NO/c1-2-9-17(15-10-5-3-6-11-15)19-18(14-20)16-12-7-4-8-13-16/h2-8,10-13,17-20H,1,9,14H2/t17-,18+/m1/s1. The highest BCUT2D eigenvalue weighted by atomic mass is 16.3. The van der Waals surface area contributed by atoms with Gasteiger partial charge in [0, 0.05) is 6.04 Å². The van der Waals surface area contributed by atoms with Crippen LogP contribution in [0.2, 0.25) is 0 Å². The smallest absolute Gasteiger partial charge is 0.0626 e. The molecule has 0 fully saturated rings. The molecule has 2 N–H and O–H groups in total. The molecule has 0 radical (unpaired) electrons. The minimum atomic E-state index is -0.0682. The van der Waals surface area contributed by atoms with Crippen LogP contribution >= 0.6 is 0 Å². The van der Waals surface area contributed by atoms with Crippen molar-refractivity contribution in [2.24, 2.45) is 0 Å². The van der Waals surface area contributed by atoms with Crippen molar-refractivity contribution >= 4 is 0 Å². The summed E-state index contributed by atoms with van der Waals surface area (Å²) in [5.74, 6) is 0. The summed E-state index contributed by atoms with van der Waals surface area (Å²) in [7, 11) is 0. The average Bonchev–Trinajstić information content (AvgIpc) is 2.53. The van der Waals surface area contributed by atoms with Crippen LogP contribution in [-0.2, 0) is 0 Å². The fourth-order valence-corrected chi connectivity index (χ4v) is 2.33. The number of benzene rings is 2. The van der Waals surface area contributed by atoms with E-state index >= 15 is 0 Å². The molecule has 0 aliphatic heterocycles. The van der Waals surface area contributed by atoms with E-state index in [1.54, 1.807) is 0 Å². The summed E-state index contributed by atoms with van der Waals surface area (Å²) in [5, 5.41) is 13.2. The van der Waals surface area contributed by atoms with Crippen molar-refractivity contribution in [3.63, 3.8) is 0 Å². The van der Waals surface area contributed by atoms with E-state index in [1.807, 2.05) is 54.6 Å². The SMILES string of the molecule is C=CC[C@@H](N[C@@H](CO)c1ccccc1)c1ccccc1. The Morgan fingerprint density at radius 1 is 0.900 bits per heavy atom. The van der Waals surface area contributed by atoms with E-state index in [9.17, 15) is 5.11 Å². The van der Waals surface area contributed by atoms with E-state index in [2.05, 4.69) is 24.0 Å². The van der Waals surface area contributed by atoms with E-state index in [0.717, 1.165) is 12.0 Å². The Morgan fingerprint density at radius 3 is 1.85 bits per heavy atom. The van der Waals surface area contributed by atoms with Crippen LogP contribution in [0, 0.1) is 0 Å². The molecular formula is C18H21NO. The van der Waals surface area contributed by atoms with E-state index in [-0.39, 0.29) is 18.7 Å². The lowest BCUT2D eigenvalue weighted by Crippen LogP contribution is -2.28. The first-order valence-electron chi connectivity index (χ1n) is 6.93. The number of hydrogen-bond donors (Lipinski definition) is 2. The van der Waals surface area contributed by atoms with Gasteiger partial charge in [0.25, 0.3) is 0 Å². The lowest BCUT2D eigenvalue weighted by Gasteiger charge is -2.24. The van der Waals surface area contributed by atoms with Crippen LogP contribution in [0.1, 0.15) is 29.6 Å². The summed E-state index contributed by atoms with van der Waals surface area (Å²) >= 11 is 0. The molecule has 0 heterocycles. The van der Waals surface area contributed by atoms with Crippen LogP contribution in [0.4, 0.5) is 0 Å². The van der Waals surface area contributed by atoms with Gasteiger partial charge in [-0.05, 0) is 17.5 Å². The maximum atomic E-state index is 9.66. The van der Waals surface area contributed by atoms with Crippen molar-refractivity contribution in [2.75, 3.05) is 6.61 Å². The Hall–Kier alpha value is -1.90. The van der Waals surface area contributed by atoms with Crippen LogP contribution in [-0.4, -0.2) is 11.7 Å². The zero-order valence-electron chi connectivity index (χ0n) is 11.6. The highest BCUT2D eigenvalue weighted by Crippen LogP contribution is 2.22. The molecule has 0 aliphatic carbocycles. The Morgan fingerprint density at radius 2 is 1.40 bits per heavy atom. The Balaban J connectivity index is 2.16. The van der Waals surface area contributed by atoms with Crippen molar-refractivity contribution in [1.29, 1.82) is 0 Å². The van der Waals surface area contributed by atoms with Gasteiger partial charge in [-0.15, -0.1) is 6.58 Å². The van der Waals surface area contributed by atoms with Crippen LogP contribution in [0.15, 0.2) is 73.3 Å². The maximum Gasteiger partial charge on any atom is 0.0626 e. The topological polar surface area (TPSA) is 32.3 Å². The van der Waals surface area contributed by atoms with Crippen LogP contribution in [0.25, 0.3) is 0 Å². The summed E-state index contributed by atoms with van der Waals surface area (Å²) in [6, 6.07) is 20.4. The van der Waals surface area contributed by atoms with Crippen molar-refractivity contribution in [2.45, 2.75) is 18.5 Å². The molecule has 0 aliphatic rings. The number of hydrogen-bond acceptors (Lipinski definition) is 2. The highest BCUT2D eigenvalue weighted by molar-refractivity contribution is 5.23. The summed E-state index contributed by atoms with van der Waals surface area (Å²) in [6.45, 7) is 3.90. The van der Waals surface area contributed by atoms with Gasteiger partial charge in [-0.25, -0.2) is 0 Å². The molecule has 2 atom stereocenters. The average molecular weight is 267 g/mol. The summed E-state index contributed by atoms with van der Waals surface area (Å²) < 4.78 is 0. The molecule has 0 amide bonds. The molecule has 2 rings (SSSR count). The van der Waals surface area contributed by atoms with Crippen LogP contribution in [0.5, 0.6) is 0 Å². The third kappa shape index (κ3) is 3.80. The Kier molecular flexibility index (Phi) is 5.54. The lowest BCUT2D eigenvalue weighted by molar-refractivity contribution is 0.233. The zero-order chi connectivity index (χ0) is 14.2. The predicted molar refractivity (Wildman–Crippen MR) is 83.4 cm³/mol. The fraction of sp³-hybridized carbons (Fsp3) is 0.222. The third-order valence-electron chi connectivity index (χ3n) is 3.39. The second kappa shape index (κ2) is 7.63. The van der Waals surface area contributed by atoms with Crippen molar-refractivity contribution < 1.29 is 5.11 Å². The number of aliphatic hydroxyl groups is 1. The predicted octanol–water partition coefficient (Wildman–Crippen LogP) is 3.63. The van der Waals surface area contributed by atoms with Gasteiger partial charge in [-0.2, -0.15) is 0 Å². The minimum absolute atomic E-state index is 0.0682. The first kappa shape index (κ1) is 14.5. The number of aliphatic hydroxyl groups excluding tert-OH is 1. The molecule has 2 aromatic carbocycles. The van der Waals surface area contributed by atoms with Gasteiger partial charge in [-0.1, -0.05) is 66.7 Å². The fourth-order valence-electron chi connectivity index (χ4n) is 2.33. The van der Waals surface area contributed by atoms with E-state index in [1.165, 1.54) is 5.56 Å². The molecule has 2 aromatic rings. The Bertz CT molecular complexity index is 509. The Labute approximate surface area is 120 Å². The van der Waals surface area contributed by atoms with Crippen LogP contribution in [0.3, 0.4) is 0 Å². The first-order valence-corrected chi connectivity index (χ1v) is 6.93. The number of rotatable bonds is 7. The normalized spacial score (nSPS) is 13.7. The monoisotopic (exact) mass is 267 g/mol. The van der Waals surface area contributed by atoms with Gasteiger partial charge in [0.05, 0.1) is 12.6 Å². The lowest BCUT2D eigenvalue weighted by atomic mass is 10.0. The molecule has 104 valence electrons. The van der Waals surface area contributed by atoms with Gasteiger partial charge in [0.15, 0.2) is 0 Å². The molecule has 0 saturated carbocycles. The molecule has 0 bridgehead atoms. The maximum absolute atomic E-state index is 9.66. The van der Waals surface area contributed by atoms with E-state index in [0.29, 0.717) is 0 Å². The van der Waals surface area contributed by atoms with Crippen LogP contribution < -0.4 is 5.32 Å². The van der Waals surface area contributed by atoms with Crippen molar-refractivity contribution in [3.8, 4) is 0 Å². The molecule has 0 saturated heterocycles. The first-order chi connectivity index (χ1) is 9.85. The molecule has 0 unspecified atom stereocenters. The molecule has 2 nitrogen and oxygen atoms in total.